The van der Waals surface area contributed by atoms with E-state index in [-0.39, 0.29) is 36.3 Å². The molecular formula is C18H17F3N4O4. The molecule has 3 aromatic rings. The van der Waals surface area contributed by atoms with E-state index in [1.165, 1.54) is 41.7 Å². The van der Waals surface area contributed by atoms with E-state index in [0.717, 1.165) is 16.7 Å². The summed E-state index contributed by atoms with van der Waals surface area (Å²) in [6.07, 6.45) is -3.27. The van der Waals surface area contributed by atoms with E-state index in [2.05, 4.69) is 4.98 Å². The fourth-order valence-corrected chi connectivity index (χ4v) is 2.85. The Hall–Kier alpha value is -3.37. The van der Waals surface area contributed by atoms with Crippen molar-refractivity contribution in [1.29, 1.82) is 0 Å². The van der Waals surface area contributed by atoms with Gasteiger partial charge in [-0.25, -0.2) is 9.78 Å². The van der Waals surface area contributed by atoms with E-state index in [9.17, 15) is 27.6 Å². The van der Waals surface area contributed by atoms with Crippen LogP contribution in [0, 0.1) is 0 Å². The van der Waals surface area contributed by atoms with Crippen LogP contribution in [0.15, 0.2) is 40.2 Å². The van der Waals surface area contributed by atoms with Gasteiger partial charge in [-0.15, -0.1) is 0 Å². The van der Waals surface area contributed by atoms with E-state index >= 15 is 0 Å². The van der Waals surface area contributed by atoms with Gasteiger partial charge in [0.15, 0.2) is 11.2 Å². The number of rotatable bonds is 5. The minimum Gasteiger partial charge on any atom is -0.461 e. The number of carbonyl (C=O) groups excluding carboxylic acids is 1. The van der Waals surface area contributed by atoms with Crippen LogP contribution in [-0.4, -0.2) is 24.7 Å². The molecule has 29 heavy (non-hydrogen) atoms. The van der Waals surface area contributed by atoms with E-state index in [1.807, 2.05) is 0 Å². The van der Waals surface area contributed by atoms with Crippen LogP contribution in [0.1, 0.15) is 17.5 Å². The summed E-state index contributed by atoms with van der Waals surface area (Å²) >= 11 is 0. The Morgan fingerprint density at radius 2 is 1.90 bits per heavy atom. The van der Waals surface area contributed by atoms with Gasteiger partial charge in [0.25, 0.3) is 5.56 Å². The molecule has 0 N–H and O–H groups in total. The van der Waals surface area contributed by atoms with E-state index in [1.54, 1.807) is 0 Å². The zero-order valence-corrected chi connectivity index (χ0v) is 15.6. The first-order valence-electron chi connectivity index (χ1n) is 8.52. The Morgan fingerprint density at radius 1 is 1.17 bits per heavy atom. The topological polar surface area (TPSA) is 88.1 Å². The Bertz CT molecular complexity index is 1190. The quantitative estimate of drug-likeness (QED) is 0.596. The van der Waals surface area contributed by atoms with Crippen molar-refractivity contribution in [3.63, 3.8) is 0 Å². The lowest BCUT2D eigenvalue weighted by Crippen LogP contribution is -2.37. The van der Waals surface area contributed by atoms with Crippen molar-refractivity contribution in [2.24, 2.45) is 14.1 Å². The van der Waals surface area contributed by atoms with Crippen LogP contribution in [0.3, 0.4) is 0 Å². The minimum absolute atomic E-state index is 0.0609. The summed E-state index contributed by atoms with van der Waals surface area (Å²) in [6, 6.07) is 4.52. The number of aromatic nitrogens is 4. The molecule has 0 amide bonds. The van der Waals surface area contributed by atoms with Crippen molar-refractivity contribution in [3.05, 3.63) is 62.6 Å². The summed E-state index contributed by atoms with van der Waals surface area (Å²) in [6.45, 7) is -0.241. The maximum absolute atomic E-state index is 12.7. The number of fused-ring (bicyclic) bond motifs is 1. The van der Waals surface area contributed by atoms with Gasteiger partial charge in [-0.3, -0.25) is 18.7 Å². The molecule has 0 aliphatic rings. The maximum atomic E-state index is 12.7. The summed E-state index contributed by atoms with van der Waals surface area (Å²) in [5, 5.41) is 0. The zero-order valence-electron chi connectivity index (χ0n) is 15.6. The molecule has 0 unspecified atom stereocenters. The number of halogens is 3. The summed E-state index contributed by atoms with van der Waals surface area (Å²) in [7, 11) is 2.82. The molecule has 0 aliphatic heterocycles. The number of ether oxygens (including phenoxy) is 1. The van der Waals surface area contributed by atoms with Crippen LogP contribution >= 0.6 is 0 Å². The zero-order chi connectivity index (χ0) is 21.3. The van der Waals surface area contributed by atoms with Crippen LogP contribution in [0.2, 0.25) is 0 Å². The second-order valence-corrected chi connectivity index (χ2v) is 6.42. The smallest absolute Gasteiger partial charge is 0.416 e. The highest BCUT2D eigenvalue weighted by Crippen LogP contribution is 2.29. The number of imidazole rings is 1. The van der Waals surface area contributed by atoms with E-state index in [0.29, 0.717) is 0 Å². The summed E-state index contributed by atoms with van der Waals surface area (Å²) < 4.78 is 46.8. The lowest BCUT2D eigenvalue weighted by atomic mass is 10.1. The highest BCUT2D eigenvalue weighted by atomic mass is 19.4. The lowest BCUT2D eigenvalue weighted by Gasteiger charge is -2.10. The molecule has 0 saturated heterocycles. The Balaban J connectivity index is 1.68. The van der Waals surface area contributed by atoms with Gasteiger partial charge in [0.05, 0.1) is 18.3 Å². The second kappa shape index (κ2) is 7.57. The number of hydrogen-bond donors (Lipinski definition) is 0. The van der Waals surface area contributed by atoms with E-state index < -0.39 is 29.0 Å². The van der Waals surface area contributed by atoms with Gasteiger partial charge in [-0.2, -0.15) is 13.2 Å². The van der Waals surface area contributed by atoms with Crippen LogP contribution < -0.4 is 11.2 Å². The Morgan fingerprint density at radius 3 is 2.59 bits per heavy atom. The molecule has 154 valence electrons. The maximum Gasteiger partial charge on any atom is 0.416 e. The van der Waals surface area contributed by atoms with Crippen LogP contribution in [0.4, 0.5) is 13.2 Å². The molecule has 3 rings (SSSR count). The fourth-order valence-electron chi connectivity index (χ4n) is 2.85. The average Bonchev–Trinajstić information content (AvgIpc) is 3.11. The molecule has 0 bridgehead atoms. The number of aryl methyl sites for hydroxylation is 2. The van der Waals surface area contributed by atoms with Crippen LogP contribution in [0.5, 0.6) is 0 Å². The van der Waals surface area contributed by atoms with Gasteiger partial charge >= 0.3 is 17.8 Å². The molecule has 0 radical (unpaired) electrons. The summed E-state index contributed by atoms with van der Waals surface area (Å²) in [4.78, 5) is 40.3. The van der Waals surface area contributed by atoms with Gasteiger partial charge in [-0.05, 0) is 17.7 Å². The first-order valence-corrected chi connectivity index (χ1v) is 8.52. The molecule has 1 aromatic carbocycles. The molecule has 0 spiro atoms. The highest BCUT2D eigenvalue weighted by Gasteiger charge is 2.30. The van der Waals surface area contributed by atoms with Crippen molar-refractivity contribution >= 4 is 17.1 Å². The van der Waals surface area contributed by atoms with Gasteiger partial charge in [0.2, 0.25) is 0 Å². The Kier molecular flexibility index (Phi) is 5.31. The van der Waals surface area contributed by atoms with Gasteiger partial charge in [0.1, 0.15) is 6.61 Å². The number of hydrogen-bond acceptors (Lipinski definition) is 5. The predicted molar refractivity (Wildman–Crippen MR) is 96.1 cm³/mol. The summed E-state index contributed by atoms with van der Waals surface area (Å²) in [5.41, 5.74) is -1.32. The largest absolute Gasteiger partial charge is 0.461 e. The first kappa shape index (κ1) is 20.4. The third-order valence-corrected chi connectivity index (χ3v) is 4.43. The number of carbonyl (C=O) groups is 1. The molecule has 0 atom stereocenters. The normalized spacial score (nSPS) is 11.8. The lowest BCUT2D eigenvalue weighted by molar-refractivity contribution is -0.145. The molecule has 0 aliphatic carbocycles. The average molecular weight is 410 g/mol. The number of alkyl halides is 3. The van der Waals surface area contributed by atoms with Gasteiger partial charge in [0, 0.05) is 20.6 Å². The van der Waals surface area contributed by atoms with Gasteiger partial charge < -0.3 is 9.30 Å². The number of esters is 1. The first-order chi connectivity index (χ1) is 13.6. The third kappa shape index (κ3) is 4.08. The SMILES string of the molecule is Cn1c(=O)c2c(ncn2CCC(=O)OCc2cccc(C(F)(F)F)c2)n(C)c1=O. The fraction of sp³-hybridized carbons (Fsp3) is 0.333. The number of nitrogens with zero attached hydrogens (tertiary/aromatic N) is 4. The minimum atomic E-state index is -4.48. The predicted octanol–water partition coefficient (Wildman–Crippen LogP) is 1.59. The van der Waals surface area contributed by atoms with Crippen molar-refractivity contribution in [2.45, 2.75) is 25.7 Å². The molecule has 11 heteroatoms. The molecule has 8 nitrogen and oxygen atoms in total. The monoisotopic (exact) mass is 410 g/mol. The van der Waals surface area contributed by atoms with Crippen LogP contribution in [0.25, 0.3) is 11.2 Å². The van der Waals surface area contributed by atoms with Crippen molar-refractivity contribution in [3.8, 4) is 0 Å². The van der Waals surface area contributed by atoms with Crippen molar-refractivity contribution in [2.75, 3.05) is 0 Å². The molecule has 0 saturated carbocycles. The standard InChI is InChI=1S/C18H17F3N4O4/c1-23-15-14(16(27)24(2)17(23)28)25(10-22-15)7-6-13(26)29-9-11-4-3-5-12(8-11)18(19,20)21/h3-5,8,10H,6-7,9H2,1-2H3. The summed E-state index contributed by atoms with van der Waals surface area (Å²) in [5.74, 6) is -0.647. The molecule has 2 heterocycles. The highest BCUT2D eigenvalue weighted by molar-refractivity contribution is 5.71. The van der Waals surface area contributed by atoms with Crippen LogP contribution in [-0.2, 0) is 43.0 Å². The van der Waals surface area contributed by atoms with Crippen molar-refractivity contribution in [1.82, 2.24) is 18.7 Å². The third-order valence-electron chi connectivity index (χ3n) is 4.43. The van der Waals surface area contributed by atoms with Gasteiger partial charge in [-0.1, -0.05) is 12.1 Å². The molecule has 2 aromatic heterocycles. The number of benzene rings is 1. The molecular weight excluding hydrogens is 393 g/mol. The Labute approximate surface area is 161 Å². The van der Waals surface area contributed by atoms with E-state index in [4.69, 9.17) is 4.74 Å². The second-order valence-electron chi connectivity index (χ2n) is 6.42. The molecule has 0 fully saturated rings. The van der Waals surface area contributed by atoms with Crippen molar-refractivity contribution < 1.29 is 22.7 Å².